The lowest BCUT2D eigenvalue weighted by Crippen LogP contribution is -2.42. The molecule has 0 amide bonds. The lowest BCUT2D eigenvalue weighted by molar-refractivity contribution is 0.199. The van der Waals surface area contributed by atoms with Crippen LogP contribution < -0.4 is 5.32 Å². The van der Waals surface area contributed by atoms with Gasteiger partial charge in [-0.2, -0.15) is 0 Å². The number of nitrogens with zero attached hydrogens (tertiary/aromatic N) is 2. The highest BCUT2D eigenvalue weighted by Gasteiger charge is 2.26. The lowest BCUT2D eigenvalue weighted by atomic mass is 9.99. The third-order valence-corrected chi connectivity index (χ3v) is 4.76. The summed E-state index contributed by atoms with van der Waals surface area (Å²) in [6.07, 6.45) is 4.58. The molecule has 0 aliphatic carbocycles. The molecule has 0 saturated carbocycles. The van der Waals surface area contributed by atoms with Crippen LogP contribution >= 0.6 is 0 Å². The average Bonchev–Trinajstić information content (AvgIpc) is 2.28. The van der Waals surface area contributed by atoms with E-state index in [2.05, 4.69) is 17.3 Å². The van der Waals surface area contributed by atoms with E-state index in [-0.39, 0.29) is 0 Å². The summed E-state index contributed by atoms with van der Waals surface area (Å²) < 4.78 is 24.7. The molecule has 1 N–H and O–H groups in total. The summed E-state index contributed by atoms with van der Waals surface area (Å²) in [4.78, 5) is 2.31. The van der Waals surface area contributed by atoms with Crippen molar-refractivity contribution in [1.29, 1.82) is 0 Å². The maximum absolute atomic E-state index is 11.5. The monoisotopic (exact) mass is 277 g/mol. The van der Waals surface area contributed by atoms with Crippen LogP contribution in [0.15, 0.2) is 0 Å². The number of hydrogen-bond donors (Lipinski definition) is 1. The Hall–Kier alpha value is -0.170. The van der Waals surface area contributed by atoms with E-state index in [9.17, 15) is 8.42 Å². The van der Waals surface area contributed by atoms with Gasteiger partial charge in [-0.3, -0.25) is 0 Å². The van der Waals surface area contributed by atoms with Crippen molar-refractivity contribution in [3.8, 4) is 0 Å². The summed E-state index contributed by atoms with van der Waals surface area (Å²) in [5, 5.41) is 3.14. The van der Waals surface area contributed by atoms with E-state index in [1.54, 1.807) is 4.31 Å². The van der Waals surface area contributed by atoms with Gasteiger partial charge in [0.2, 0.25) is 10.0 Å². The van der Waals surface area contributed by atoms with Gasteiger partial charge in [-0.05, 0) is 52.4 Å². The minimum absolute atomic E-state index is 0.480. The zero-order valence-electron chi connectivity index (χ0n) is 11.9. The topological polar surface area (TPSA) is 52.6 Å². The number of rotatable bonds is 7. The van der Waals surface area contributed by atoms with E-state index in [1.165, 1.54) is 6.26 Å². The Balaban J connectivity index is 2.33. The van der Waals surface area contributed by atoms with Crippen molar-refractivity contribution in [1.82, 2.24) is 14.5 Å². The molecule has 1 saturated heterocycles. The standard InChI is InChI=1S/C12H27N3O2S/c1-13-7-5-8-14(2)10-12-6-4-9-15(11-12)18(3,16)17/h12-13H,4-11H2,1-3H3. The van der Waals surface area contributed by atoms with Gasteiger partial charge in [0.05, 0.1) is 6.26 Å². The first-order chi connectivity index (χ1) is 8.43. The molecular weight excluding hydrogens is 250 g/mol. The third-order valence-electron chi connectivity index (χ3n) is 3.49. The Morgan fingerprint density at radius 2 is 2.17 bits per heavy atom. The van der Waals surface area contributed by atoms with Crippen LogP contribution in [-0.4, -0.2) is 70.7 Å². The minimum atomic E-state index is -3.01. The van der Waals surface area contributed by atoms with Crippen molar-refractivity contribution in [3.63, 3.8) is 0 Å². The van der Waals surface area contributed by atoms with Gasteiger partial charge < -0.3 is 10.2 Å². The normalized spacial score (nSPS) is 22.6. The Labute approximate surface area is 112 Å². The van der Waals surface area contributed by atoms with Gasteiger partial charge >= 0.3 is 0 Å². The van der Waals surface area contributed by atoms with Gasteiger partial charge in [-0.25, -0.2) is 12.7 Å². The molecule has 1 fully saturated rings. The molecule has 5 nitrogen and oxygen atoms in total. The number of piperidine rings is 1. The van der Waals surface area contributed by atoms with Crippen LogP contribution in [0.4, 0.5) is 0 Å². The molecule has 0 spiro atoms. The SMILES string of the molecule is CNCCCN(C)CC1CCCN(S(C)(=O)=O)C1. The van der Waals surface area contributed by atoms with Gasteiger partial charge in [-0.1, -0.05) is 0 Å². The quantitative estimate of drug-likeness (QED) is 0.676. The predicted octanol–water partition coefficient (Wildman–Crippen LogP) is 0.199. The van der Waals surface area contributed by atoms with E-state index >= 15 is 0 Å². The highest BCUT2D eigenvalue weighted by Crippen LogP contribution is 2.19. The molecule has 1 aliphatic rings. The van der Waals surface area contributed by atoms with E-state index in [4.69, 9.17) is 0 Å². The van der Waals surface area contributed by atoms with Crippen LogP contribution in [0.2, 0.25) is 0 Å². The Bertz CT molecular complexity index is 332. The summed E-state index contributed by atoms with van der Waals surface area (Å²) in [5.41, 5.74) is 0. The molecule has 1 heterocycles. The minimum Gasteiger partial charge on any atom is -0.320 e. The first-order valence-corrected chi connectivity index (χ1v) is 8.56. The molecule has 1 aliphatic heterocycles. The van der Waals surface area contributed by atoms with Gasteiger partial charge in [0.25, 0.3) is 0 Å². The molecular formula is C12H27N3O2S. The summed E-state index contributed by atoms with van der Waals surface area (Å²) >= 11 is 0. The predicted molar refractivity (Wildman–Crippen MR) is 75.2 cm³/mol. The molecule has 1 unspecified atom stereocenters. The average molecular weight is 277 g/mol. The molecule has 0 bridgehead atoms. The molecule has 1 atom stereocenters. The van der Waals surface area contributed by atoms with Crippen molar-refractivity contribution in [2.24, 2.45) is 5.92 Å². The fraction of sp³-hybridized carbons (Fsp3) is 1.00. The second-order valence-electron chi connectivity index (χ2n) is 5.35. The molecule has 6 heteroatoms. The molecule has 1 rings (SSSR count). The maximum atomic E-state index is 11.5. The maximum Gasteiger partial charge on any atom is 0.211 e. The highest BCUT2D eigenvalue weighted by atomic mass is 32.2. The van der Waals surface area contributed by atoms with Crippen LogP contribution in [0.3, 0.4) is 0 Å². The van der Waals surface area contributed by atoms with E-state index in [0.29, 0.717) is 19.0 Å². The van der Waals surface area contributed by atoms with E-state index < -0.39 is 10.0 Å². The van der Waals surface area contributed by atoms with Gasteiger partial charge in [0.15, 0.2) is 0 Å². The van der Waals surface area contributed by atoms with Crippen molar-refractivity contribution in [2.45, 2.75) is 19.3 Å². The van der Waals surface area contributed by atoms with Crippen LogP contribution in [-0.2, 0) is 10.0 Å². The Morgan fingerprint density at radius 1 is 1.44 bits per heavy atom. The van der Waals surface area contributed by atoms with Crippen molar-refractivity contribution in [2.75, 3.05) is 53.1 Å². The fourth-order valence-electron chi connectivity index (χ4n) is 2.53. The number of sulfonamides is 1. The van der Waals surface area contributed by atoms with Gasteiger partial charge in [0, 0.05) is 19.6 Å². The van der Waals surface area contributed by atoms with Crippen molar-refractivity contribution < 1.29 is 8.42 Å². The number of hydrogen-bond acceptors (Lipinski definition) is 4. The second-order valence-corrected chi connectivity index (χ2v) is 7.33. The van der Waals surface area contributed by atoms with Crippen LogP contribution in [0.25, 0.3) is 0 Å². The van der Waals surface area contributed by atoms with E-state index in [0.717, 1.165) is 38.9 Å². The first-order valence-electron chi connectivity index (χ1n) is 6.71. The molecule has 0 aromatic carbocycles. The molecule has 108 valence electrons. The van der Waals surface area contributed by atoms with Gasteiger partial charge in [-0.15, -0.1) is 0 Å². The largest absolute Gasteiger partial charge is 0.320 e. The van der Waals surface area contributed by atoms with Crippen LogP contribution in [0, 0.1) is 5.92 Å². The van der Waals surface area contributed by atoms with Crippen LogP contribution in [0.5, 0.6) is 0 Å². The third kappa shape index (κ3) is 5.65. The van der Waals surface area contributed by atoms with E-state index in [1.807, 2.05) is 7.05 Å². The highest BCUT2D eigenvalue weighted by molar-refractivity contribution is 7.88. The molecule has 0 aromatic heterocycles. The van der Waals surface area contributed by atoms with Crippen molar-refractivity contribution >= 4 is 10.0 Å². The van der Waals surface area contributed by atoms with Crippen LogP contribution in [0.1, 0.15) is 19.3 Å². The van der Waals surface area contributed by atoms with Gasteiger partial charge in [0.1, 0.15) is 0 Å². The zero-order valence-corrected chi connectivity index (χ0v) is 12.7. The summed E-state index contributed by atoms with van der Waals surface area (Å²) in [6.45, 7) is 4.48. The first kappa shape index (κ1) is 15.9. The summed E-state index contributed by atoms with van der Waals surface area (Å²) in [6, 6.07) is 0. The summed E-state index contributed by atoms with van der Waals surface area (Å²) in [5.74, 6) is 0.480. The number of nitrogens with one attached hydrogen (secondary N) is 1. The Kier molecular flexibility index (Phi) is 6.55. The molecule has 0 radical (unpaired) electrons. The smallest absolute Gasteiger partial charge is 0.211 e. The fourth-order valence-corrected chi connectivity index (χ4v) is 3.48. The van der Waals surface area contributed by atoms with Crippen molar-refractivity contribution in [3.05, 3.63) is 0 Å². The Morgan fingerprint density at radius 3 is 2.78 bits per heavy atom. The lowest BCUT2D eigenvalue weighted by Gasteiger charge is -2.33. The second kappa shape index (κ2) is 7.43. The molecule has 0 aromatic rings. The summed E-state index contributed by atoms with van der Waals surface area (Å²) in [7, 11) is 1.07. The molecule has 18 heavy (non-hydrogen) atoms. The zero-order chi connectivity index (χ0) is 13.6.